The SMILES string of the molecule is c1ccc2c(c1)nc(-c1ccc(-c3nc4ccccc4n3CC3CO3)cc1)n2CC1CO1. The maximum Gasteiger partial charge on any atom is 0.141 e. The van der Waals surface area contributed by atoms with E-state index in [4.69, 9.17) is 19.4 Å². The molecule has 2 aliphatic rings. The van der Waals surface area contributed by atoms with E-state index in [0.717, 1.165) is 71.1 Å². The van der Waals surface area contributed by atoms with Crippen molar-refractivity contribution in [2.24, 2.45) is 0 Å². The molecule has 0 bridgehead atoms. The van der Waals surface area contributed by atoms with Gasteiger partial charge in [0.2, 0.25) is 0 Å². The smallest absolute Gasteiger partial charge is 0.141 e. The number of hydrogen-bond donors (Lipinski definition) is 0. The number of ether oxygens (including phenoxy) is 2. The van der Waals surface area contributed by atoms with Gasteiger partial charge in [-0.3, -0.25) is 0 Å². The van der Waals surface area contributed by atoms with Crippen LogP contribution in [-0.2, 0) is 22.6 Å². The van der Waals surface area contributed by atoms with Crippen LogP contribution in [-0.4, -0.2) is 44.5 Å². The lowest BCUT2D eigenvalue weighted by molar-refractivity contribution is 0.385. The average Bonchev–Trinajstić information content (AvgIpc) is 3.75. The maximum absolute atomic E-state index is 5.51. The van der Waals surface area contributed by atoms with Crippen LogP contribution in [0.5, 0.6) is 0 Å². The molecule has 32 heavy (non-hydrogen) atoms. The summed E-state index contributed by atoms with van der Waals surface area (Å²) in [6.07, 6.45) is 0.574. The molecule has 158 valence electrons. The van der Waals surface area contributed by atoms with Crippen LogP contribution in [0.1, 0.15) is 0 Å². The number of rotatable bonds is 6. The molecule has 0 radical (unpaired) electrons. The van der Waals surface area contributed by atoms with Crippen molar-refractivity contribution in [3.05, 3.63) is 72.8 Å². The molecule has 0 amide bonds. The minimum Gasteiger partial charge on any atom is -0.371 e. The van der Waals surface area contributed by atoms with Gasteiger partial charge in [0.1, 0.15) is 11.6 Å². The van der Waals surface area contributed by atoms with Gasteiger partial charge < -0.3 is 18.6 Å². The van der Waals surface area contributed by atoms with Crippen LogP contribution in [0.2, 0.25) is 0 Å². The average molecular weight is 422 g/mol. The first-order valence-electron chi connectivity index (χ1n) is 11.1. The van der Waals surface area contributed by atoms with Crippen molar-refractivity contribution in [2.75, 3.05) is 13.2 Å². The highest BCUT2D eigenvalue weighted by molar-refractivity contribution is 5.83. The van der Waals surface area contributed by atoms with Gasteiger partial charge in [-0.05, 0) is 24.3 Å². The Kier molecular flexibility index (Phi) is 3.97. The molecule has 0 spiro atoms. The number of aromatic nitrogens is 4. The number of imidazole rings is 2. The summed E-state index contributed by atoms with van der Waals surface area (Å²) >= 11 is 0. The minimum absolute atomic E-state index is 0.287. The second-order valence-electron chi connectivity index (χ2n) is 8.56. The summed E-state index contributed by atoms with van der Waals surface area (Å²) in [6.45, 7) is 3.31. The van der Waals surface area contributed by atoms with Gasteiger partial charge in [-0.15, -0.1) is 0 Å². The highest BCUT2D eigenvalue weighted by Crippen LogP contribution is 2.31. The van der Waals surface area contributed by atoms with E-state index < -0.39 is 0 Å². The quantitative estimate of drug-likeness (QED) is 0.378. The molecular formula is C26H22N4O2. The Balaban J connectivity index is 1.31. The van der Waals surface area contributed by atoms with Gasteiger partial charge in [-0.1, -0.05) is 48.5 Å². The second kappa shape index (κ2) is 7.02. The molecule has 2 fully saturated rings. The number of nitrogens with zero attached hydrogens (tertiary/aromatic N) is 4. The van der Waals surface area contributed by atoms with E-state index in [-0.39, 0.29) is 12.2 Å². The van der Waals surface area contributed by atoms with E-state index in [9.17, 15) is 0 Å². The molecule has 0 saturated carbocycles. The number of fused-ring (bicyclic) bond motifs is 2. The summed E-state index contributed by atoms with van der Waals surface area (Å²) in [5.41, 5.74) is 6.51. The zero-order valence-corrected chi connectivity index (χ0v) is 17.5. The second-order valence-corrected chi connectivity index (χ2v) is 8.56. The van der Waals surface area contributed by atoms with Gasteiger partial charge in [0, 0.05) is 11.1 Å². The highest BCUT2D eigenvalue weighted by atomic mass is 16.6. The molecule has 4 heterocycles. The summed E-state index contributed by atoms with van der Waals surface area (Å²) in [5.74, 6) is 1.96. The first-order valence-corrected chi connectivity index (χ1v) is 11.1. The summed E-state index contributed by atoms with van der Waals surface area (Å²) in [7, 11) is 0. The monoisotopic (exact) mass is 422 g/mol. The van der Waals surface area contributed by atoms with E-state index in [0.29, 0.717) is 0 Å². The van der Waals surface area contributed by atoms with Crippen LogP contribution < -0.4 is 0 Å². The van der Waals surface area contributed by atoms with Crippen molar-refractivity contribution in [1.29, 1.82) is 0 Å². The molecular weight excluding hydrogens is 400 g/mol. The number of hydrogen-bond acceptors (Lipinski definition) is 4. The maximum atomic E-state index is 5.51. The van der Waals surface area contributed by atoms with Crippen molar-refractivity contribution in [1.82, 2.24) is 19.1 Å². The molecule has 2 aliphatic heterocycles. The van der Waals surface area contributed by atoms with E-state index in [1.54, 1.807) is 0 Å². The topological polar surface area (TPSA) is 60.7 Å². The molecule has 3 aromatic carbocycles. The predicted octanol–water partition coefficient (Wildman–Crippen LogP) is 4.52. The number of para-hydroxylation sites is 4. The molecule has 7 rings (SSSR count). The third-order valence-corrected chi connectivity index (χ3v) is 6.29. The van der Waals surface area contributed by atoms with Crippen molar-refractivity contribution in [2.45, 2.75) is 25.3 Å². The molecule has 2 saturated heterocycles. The number of epoxide rings is 2. The van der Waals surface area contributed by atoms with Crippen LogP contribution in [0.3, 0.4) is 0 Å². The Bertz CT molecular complexity index is 1330. The molecule has 2 unspecified atom stereocenters. The third kappa shape index (κ3) is 3.11. The predicted molar refractivity (Wildman–Crippen MR) is 123 cm³/mol. The van der Waals surface area contributed by atoms with Crippen LogP contribution in [0.15, 0.2) is 72.8 Å². The fraction of sp³-hybridized carbons (Fsp3) is 0.231. The van der Waals surface area contributed by atoms with Crippen LogP contribution in [0.25, 0.3) is 44.8 Å². The Morgan fingerprint density at radius 1 is 0.625 bits per heavy atom. The van der Waals surface area contributed by atoms with Crippen molar-refractivity contribution in [3.63, 3.8) is 0 Å². The van der Waals surface area contributed by atoms with Gasteiger partial charge in [-0.25, -0.2) is 9.97 Å². The lowest BCUT2D eigenvalue weighted by Gasteiger charge is -2.10. The molecule has 6 heteroatoms. The third-order valence-electron chi connectivity index (χ3n) is 6.29. The standard InChI is InChI=1S/C26H22N4O2/c1-3-7-23-21(5-1)27-25(29(23)13-19-15-31-19)17-9-11-18(12-10-17)26-28-22-6-2-4-8-24(22)30(26)14-20-16-32-20/h1-12,19-20H,13-16H2. The van der Waals surface area contributed by atoms with Crippen molar-refractivity contribution < 1.29 is 9.47 Å². The lowest BCUT2D eigenvalue weighted by atomic mass is 10.1. The van der Waals surface area contributed by atoms with Gasteiger partial charge in [0.15, 0.2) is 0 Å². The summed E-state index contributed by atoms with van der Waals surface area (Å²) in [4.78, 5) is 9.87. The minimum atomic E-state index is 0.287. The Morgan fingerprint density at radius 2 is 1.03 bits per heavy atom. The molecule has 0 aliphatic carbocycles. The van der Waals surface area contributed by atoms with Crippen molar-refractivity contribution in [3.8, 4) is 22.8 Å². The fourth-order valence-electron chi connectivity index (χ4n) is 4.48. The van der Waals surface area contributed by atoms with E-state index >= 15 is 0 Å². The van der Waals surface area contributed by atoms with Crippen molar-refractivity contribution >= 4 is 22.1 Å². The van der Waals surface area contributed by atoms with E-state index in [1.165, 1.54) is 0 Å². The summed E-state index contributed by atoms with van der Waals surface area (Å²) in [6, 6.07) is 25.2. The van der Waals surface area contributed by atoms with Crippen LogP contribution >= 0.6 is 0 Å². The van der Waals surface area contributed by atoms with Gasteiger partial charge in [0.05, 0.1) is 60.6 Å². The number of benzene rings is 3. The van der Waals surface area contributed by atoms with Gasteiger partial charge in [-0.2, -0.15) is 0 Å². The van der Waals surface area contributed by atoms with Crippen LogP contribution in [0.4, 0.5) is 0 Å². The summed E-state index contributed by atoms with van der Waals surface area (Å²) in [5, 5.41) is 0. The molecule has 2 atom stereocenters. The Labute approximate surface area is 185 Å². The zero-order valence-electron chi connectivity index (χ0n) is 17.5. The zero-order chi connectivity index (χ0) is 21.1. The van der Waals surface area contributed by atoms with E-state index in [1.807, 2.05) is 12.1 Å². The first-order chi connectivity index (χ1) is 15.8. The van der Waals surface area contributed by atoms with E-state index in [2.05, 4.69) is 69.8 Å². The van der Waals surface area contributed by atoms with Gasteiger partial charge in [0.25, 0.3) is 0 Å². The van der Waals surface area contributed by atoms with Crippen LogP contribution in [0, 0.1) is 0 Å². The molecule has 0 N–H and O–H groups in total. The first kappa shape index (κ1) is 18.1. The highest BCUT2D eigenvalue weighted by Gasteiger charge is 2.27. The molecule has 6 nitrogen and oxygen atoms in total. The largest absolute Gasteiger partial charge is 0.371 e. The molecule has 5 aromatic rings. The fourth-order valence-corrected chi connectivity index (χ4v) is 4.48. The molecule has 2 aromatic heterocycles. The lowest BCUT2D eigenvalue weighted by Crippen LogP contribution is -2.06. The Morgan fingerprint density at radius 3 is 1.44 bits per heavy atom. The van der Waals surface area contributed by atoms with Gasteiger partial charge >= 0.3 is 0 Å². The summed E-state index contributed by atoms with van der Waals surface area (Å²) < 4.78 is 15.6. The Hall–Kier alpha value is -3.48. The normalized spacial score (nSPS) is 19.6.